The van der Waals surface area contributed by atoms with Gasteiger partial charge >= 0.3 is 0 Å². The monoisotopic (exact) mass is 284 g/mol. The van der Waals surface area contributed by atoms with Crippen molar-refractivity contribution < 1.29 is 8.42 Å². The van der Waals surface area contributed by atoms with E-state index in [1.54, 1.807) is 4.31 Å². The van der Waals surface area contributed by atoms with Gasteiger partial charge in [0.25, 0.3) is 0 Å². The maximum atomic E-state index is 12.5. The van der Waals surface area contributed by atoms with Crippen molar-refractivity contribution in [3.8, 4) is 0 Å². The van der Waals surface area contributed by atoms with Crippen molar-refractivity contribution in [1.29, 1.82) is 0 Å². The molecule has 5 heteroatoms. The minimum absolute atomic E-state index is 0.0185. The van der Waals surface area contributed by atoms with Gasteiger partial charge in [-0.1, -0.05) is 31.2 Å². The summed E-state index contributed by atoms with van der Waals surface area (Å²) < 4.78 is 26.5. The molecule has 0 unspecified atom stereocenters. The molecule has 4 nitrogen and oxygen atoms in total. The molecule has 19 heavy (non-hydrogen) atoms. The van der Waals surface area contributed by atoms with Crippen molar-refractivity contribution in [1.82, 2.24) is 4.31 Å². The first-order valence-electron chi connectivity index (χ1n) is 6.68. The lowest BCUT2D eigenvalue weighted by atomic mass is 10.1. The molecule has 0 saturated carbocycles. The average Bonchev–Trinajstić information content (AvgIpc) is 2.35. The van der Waals surface area contributed by atoms with Crippen LogP contribution in [0.5, 0.6) is 0 Å². The van der Waals surface area contributed by atoms with Crippen LogP contribution in [-0.2, 0) is 22.3 Å². The molecule has 1 aromatic carbocycles. The van der Waals surface area contributed by atoms with Crippen molar-refractivity contribution >= 4 is 10.0 Å². The van der Waals surface area contributed by atoms with E-state index in [0.29, 0.717) is 13.1 Å². The Morgan fingerprint density at radius 1 is 1.21 bits per heavy atom. The largest absolute Gasteiger partial charge is 0.326 e. The first kappa shape index (κ1) is 16.1. The molecule has 0 bridgehead atoms. The van der Waals surface area contributed by atoms with Crippen LogP contribution in [-0.4, -0.2) is 25.3 Å². The van der Waals surface area contributed by atoms with Crippen LogP contribution in [0.2, 0.25) is 0 Å². The molecule has 2 N–H and O–H groups in total. The van der Waals surface area contributed by atoms with Crippen LogP contribution in [0.25, 0.3) is 0 Å². The van der Waals surface area contributed by atoms with Crippen molar-refractivity contribution in [3.05, 3.63) is 35.4 Å². The molecule has 0 fully saturated rings. The molecule has 0 heterocycles. The van der Waals surface area contributed by atoms with E-state index in [2.05, 4.69) is 0 Å². The lowest BCUT2D eigenvalue weighted by Gasteiger charge is -2.25. The van der Waals surface area contributed by atoms with Crippen LogP contribution in [0.3, 0.4) is 0 Å². The Bertz CT molecular complexity index is 498. The summed E-state index contributed by atoms with van der Waals surface area (Å²) in [6.45, 7) is 6.72. The summed E-state index contributed by atoms with van der Waals surface area (Å²) in [4.78, 5) is 0. The number of nitrogens with zero attached hydrogens (tertiary/aromatic N) is 1. The third-order valence-corrected chi connectivity index (χ3v) is 5.05. The molecule has 1 rings (SSSR count). The van der Waals surface area contributed by atoms with Crippen LogP contribution < -0.4 is 5.73 Å². The van der Waals surface area contributed by atoms with Gasteiger partial charge in [-0.15, -0.1) is 0 Å². The van der Waals surface area contributed by atoms with E-state index in [1.807, 2.05) is 45.0 Å². The quantitative estimate of drug-likeness (QED) is 0.834. The summed E-state index contributed by atoms with van der Waals surface area (Å²) in [6.07, 6.45) is 0.815. The van der Waals surface area contributed by atoms with Crippen LogP contribution in [0.4, 0.5) is 0 Å². The first-order valence-corrected chi connectivity index (χ1v) is 8.29. The van der Waals surface area contributed by atoms with E-state index in [9.17, 15) is 8.42 Å². The van der Waals surface area contributed by atoms with Crippen LogP contribution in [0.1, 0.15) is 38.3 Å². The zero-order valence-corrected chi connectivity index (χ0v) is 12.8. The normalized spacial score (nSPS) is 12.3. The molecule has 0 aromatic heterocycles. The lowest BCUT2D eigenvalue weighted by Crippen LogP contribution is -2.38. The van der Waals surface area contributed by atoms with E-state index in [-0.39, 0.29) is 11.8 Å². The molecule has 108 valence electrons. The van der Waals surface area contributed by atoms with Gasteiger partial charge in [-0.2, -0.15) is 4.31 Å². The first-order chi connectivity index (χ1) is 8.92. The van der Waals surface area contributed by atoms with E-state index in [4.69, 9.17) is 5.73 Å². The van der Waals surface area contributed by atoms with Crippen LogP contribution in [0, 0.1) is 0 Å². The Kier molecular flexibility index (Phi) is 5.97. The maximum absolute atomic E-state index is 12.5. The van der Waals surface area contributed by atoms with E-state index in [1.165, 1.54) is 0 Å². The number of nitrogens with two attached hydrogens (primary N) is 1. The summed E-state index contributed by atoms with van der Waals surface area (Å²) >= 11 is 0. The summed E-state index contributed by atoms with van der Waals surface area (Å²) in [5.41, 5.74) is 7.35. The van der Waals surface area contributed by atoms with E-state index >= 15 is 0 Å². The van der Waals surface area contributed by atoms with Gasteiger partial charge in [0, 0.05) is 19.1 Å². The average molecular weight is 284 g/mol. The highest BCUT2D eigenvalue weighted by atomic mass is 32.2. The summed E-state index contributed by atoms with van der Waals surface area (Å²) in [6, 6.07) is 7.43. The number of rotatable bonds is 7. The highest BCUT2D eigenvalue weighted by Gasteiger charge is 2.24. The molecule has 1 aromatic rings. The Morgan fingerprint density at radius 2 is 1.79 bits per heavy atom. The minimum atomic E-state index is -3.29. The predicted molar refractivity (Wildman–Crippen MR) is 79.1 cm³/mol. The fourth-order valence-electron chi connectivity index (χ4n) is 2.12. The standard InChI is InChI=1S/C14H24N2O2S/c1-4-9-16(12(2)3)19(17,18)11-14-8-6-5-7-13(14)10-15/h5-8,12H,4,9-11,15H2,1-3H3. The third kappa shape index (κ3) is 4.30. The predicted octanol–water partition coefficient (Wildman–Crippen LogP) is 2.10. The van der Waals surface area contributed by atoms with Crippen LogP contribution >= 0.6 is 0 Å². The van der Waals surface area contributed by atoms with Gasteiger partial charge in [-0.05, 0) is 31.4 Å². The van der Waals surface area contributed by atoms with Gasteiger partial charge < -0.3 is 5.73 Å². The molecule has 0 amide bonds. The van der Waals surface area contributed by atoms with Gasteiger partial charge in [-0.25, -0.2) is 8.42 Å². The summed E-state index contributed by atoms with van der Waals surface area (Å²) in [5.74, 6) is 0.0263. The second-order valence-electron chi connectivity index (χ2n) is 4.93. The van der Waals surface area contributed by atoms with E-state index in [0.717, 1.165) is 17.5 Å². The van der Waals surface area contributed by atoms with Gasteiger partial charge in [-0.3, -0.25) is 0 Å². The fourth-order valence-corrected chi connectivity index (χ4v) is 4.06. The SMILES string of the molecule is CCCN(C(C)C)S(=O)(=O)Cc1ccccc1CN. The zero-order chi connectivity index (χ0) is 14.5. The van der Waals surface area contributed by atoms with Gasteiger partial charge in [0.1, 0.15) is 0 Å². The number of benzene rings is 1. The van der Waals surface area contributed by atoms with Crippen molar-refractivity contribution in [2.45, 2.75) is 45.5 Å². The molecule has 0 aliphatic carbocycles. The Balaban J connectivity index is 3.01. The maximum Gasteiger partial charge on any atom is 0.218 e. The second kappa shape index (κ2) is 7.03. The van der Waals surface area contributed by atoms with Crippen molar-refractivity contribution in [3.63, 3.8) is 0 Å². The number of hydrogen-bond donors (Lipinski definition) is 1. The number of sulfonamides is 1. The Labute approximate surface area is 116 Å². The summed E-state index contributed by atoms with van der Waals surface area (Å²) in [7, 11) is -3.29. The number of hydrogen-bond acceptors (Lipinski definition) is 3. The summed E-state index contributed by atoms with van der Waals surface area (Å²) in [5, 5.41) is 0. The highest BCUT2D eigenvalue weighted by Crippen LogP contribution is 2.17. The minimum Gasteiger partial charge on any atom is -0.326 e. The van der Waals surface area contributed by atoms with Crippen LogP contribution in [0.15, 0.2) is 24.3 Å². The smallest absolute Gasteiger partial charge is 0.218 e. The molecular formula is C14H24N2O2S. The Morgan fingerprint density at radius 3 is 2.26 bits per heavy atom. The second-order valence-corrected chi connectivity index (χ2v) is 6.86. The topological polar surface area (TPSA) is 63.4 Å². The molecule has 0 radical (unpaired) electrons. The molecule has 0 aliphatic rings. The fraction of sp³-hybridized carbons (Fsp3) is 0.571. The molecule has 0 aliphatic heterocycles. The lowest BCUT2D eigenvalue weighted by molar-refractivity contribution is 0.353. The molecule has 0 spiro atoms. The Hall–Kier alpha value is -0.910. The highest BCUT2D eigenvalue weighted by molar-refractivity contribution is 7.88. The zero-order valence-electron chi connectivity index (χ0n) is 12.0. The molecule has 0 atom stereocenters. The van der Waals surface area contributed by atoms with Gasteiger partial charge in [0.05, 0.1) is 5.75 Å². The van der Waals surface area contributed by atoms with Crippen molar-refractivity contribution in [2.75, 3.05) is 6.54 Å². The third-order valence-electron chi connectivity index (χ3n) is 3.05. The van der Waals surface area contributed by atoms with Gasteiger partial charge in [0.2, 0.25) is 10.0 Å². The molecule has 0 saturated heterocycles. The molecular weight excluding hydrogens is 260 g/mol. The van der Waals surface area contributed by atoms with E-state index < -0.39 is 10.0 Å². The van der Waals surface area contributed by atoms with Gasteiger partial charge in [0.15, 0.2) is 0 Å². The van der Waals surface area contributed by atoms with Crippen molar-refractivity contribution in [2.24, 2.45) is 5.73 Å².